The number of aliphatic hydroxyl groups is 7. The van der Waals surface area contributed by atoms with E-state index in [0.29, 0.717) is 19.3 Å². The van der Waals surface area contributed by atoms with Gasteiger partial charge in [0.15, 0.2) is 6.29 Å². The molecule has 0 radical (unpaired) electrons. The van der Waals surface area contributed by atoms with Crippen LogP contribution in [0.3, 0.4) is 0 Å². The maximum atomic E-state index is 13.2. The number of hydrogen-bond acceptors (Lipinski definition) is 10. The zero-order chi connectivity index (χ0) is 52.5. The van der Waals surface area contributed by atoms with E-state index in [-0.39, 0.29) is 12.8 Å². The molecule has 8 N–H and O–H groups in total. The molecule has 1 fully saturated rings. The molecular weight excluding hydrogens is 907 g/mol. The van der Waals surface area contributed by atoms with E-state index in [1.54, 1.807) is 0 Å². The van der Waals surface area contributed by atoms with E-state index >= 15 is 0 Å². The Morgan fingerprint density at radius 2 is 0.833 bits per heavy atom. The van der Waals surface area contributed by atoms with Crippen LogP contribution >= 0.6 is 0 Å². The molecule has 0 aromatic carbocycles. The zero-order valence-corrected chi connectivity index (χ0v) is 46.7. The minimum absolute atomic E-state index is 0.249. The summed E-state index contributed by atoms with van der Waals surface area (Å²) in [4.78, 5) is 13.2. The Bertz CT molecular complexity index is 1220. The number of allylic oxidation sites excluding steroid dienone is 4. The topological polar surface area (TPSA) is 189 Å². The molecule has 0 aromatic rings. The van der Waals surface area contributed by atoms with Crippen LogP contribution in [0.4, 0.5) is 0 Å². The summed E-state index contributed by atoms with van der Waals surface area (Å²) < 4.78 is 11.1. The summed E-state index contributed by atoms with van der Waals surface area (Å²) in [6, 6.07) is -1.19. The number of aliphatic hydroxyl groups excluding tert-OH is 7. The van der Waals surface area contributed by atoms with E-state index in [1.807, 2.05) is 0 Å². The van der Waals surface area contributed by atoms with Crippen molar-refractivity contribution in [3.63, 3.8) is 0 Å². The SMILES string of the molecule is CCCCCCCCCCCCCCCC/C=C/CC/C=C/CCCC(O)C(O)C(COC1OC(CO)C(O)C(O)C1O)NC(=O)C(O)CCCCCCCCCCCCCCCCCCCCCCCC. The first-order valence-electron chi connectivity index (χ1n) is 30.7. The smallest absolute Gasteiger partial charge is 0.249 e. The third kappa shape index (κ3) is 38.2. The average Bonchev–Trinajstić information content (AvgIpc) is 3.38. The summed E-state index contributed by atoms with van der Waals surface area (Å²) in [6.07, 6.45) is 49.5. The van der Waals surface area contributed by atoms with Gasteiger partial charge in [-0.2, -0.15) is 0 Å². The molecule has 0 aliphatic carbocycles. The maximum Gasteiger partial charge on any atom is 0.249 e. The highest BCUT2D eigenvalue weighted by Gasteiger charge is 2.44. The number of amides is 1. The van der Waals surface area contributed by atoms with Gasteiger partial charge in [0.25, 0.3) is 0 Å². The van der Waals surface area contributed by atoms with Crippen LogP contribution in [-0.2, 0) is 14.3 Å². The monoisotopic (exact) mass is 1020 g/mol. The molecule has 11 heteroatoms. The Morgan fingerprint density at radius 3 is 1.24 bits per heavy atom. The summed E-state index contributed by atoms with van der Waals surface area (Å²) in [5.41, 5.74) is 0. The molecule has 11 nitrogen and oxygen atoms in total. The van der Waals surface area contributed by atoms with Gasteiger partial charge in [0.1, 0.15) is 36.6 Å². The van der Waals surface area contributed by atoms with Crippen LogP contribution in [0, 0.1) is 0 Å². The van der Waals surface area contributed by atoms with Crippen molar-refractivity contribution in [3.05, 3.63) is 24.3 Å². The number of rotatable bonds is 53. The van der Waals surface area contributed by atoms with Gasteiger partial charge in [0.05, 0.1) is 25.4 Å². The zero-order valence-electron chi connectivity index (χ0n) is 46.7. The van der Waals surface area contributed by atoms with E-state index in [4.69, 9.17) is 9.47 Å². The lowest BCUT2D eigenvalue weighted by Crippen LogP contribution is -2.60. The largest absolute Gasteiger partial charge is 0.394 e. The van der Waals surface area contributed by atoms with Crippen molar-refractivity contribution in [1.29, 1.82) is 0 Å². The van der Waals surface area contributed by atoms with E-state index in [1.165, 1.54) is 205 Å². The summed E-state index contributed by atoms with van der Waals surface area (Å²) in [6.45, 7) is 3.48. The van der Waals surface area contributed by atoms with Crippen LogP contribution in [0.25, 0.3) is 0 Å². The molecule has 1 aliphatic rings. The molecule has 1 rings (SSSR count). The maximum absolute atomic E-state index is 13.2. The molecule has 426 valence electrons. The number of carbonyl (C=O) groups is 1. The lowest BCUT2D eigenvalue weighted by molar-refractivity contribution is -0.303. The molecule has 0 saturated carbocycles. The molecular formula is C61H117NO10. The number of nitrogens with one attached hydrogen (secondary N) is 1. The fraction of sp³-hybridized carbons (Fsp3) is 0.918. The standard InChI is InChI=1S/C61H117NO10/c1-3-5-7-9-11-13-15-17-19-21-23-25-27-29-30-32-34-36-38-40-42-44-46-48-53(64)56(66)52(51-71-61-59(69)58(68)57(67)55(50-63)72-61)62-60(70)54(65)49-47-45-43-41-39-37-35-33-31-28-26-24-22-20-18-16-14-12-10-8-6-4-2/h32,34,40,42,52-59,61,63-69H,3-31,33,35-39,41,43-51H2,1-2H3,(H,62,70)/b34-32+,42-40+. The van der Waals surface area contributed by atoms with Gasteiger partial charge in [-0.15, -0.1) is 0 Å². The van der Waals surface area contributed by atoms with Gasteiger partial charge < -0.3 is 50.5 Å². The van der Waals surface area contributed by atoms with E-state index in [9.17, 15) is 40.5 Å². The first kappa shape index (κ1) is 68.6. The quantitative estimate of drug-likeness (QED) is 0.0215. The van der Waals surface area contributed by atoms with Crippen molar-refractivity contribution in [1.82, 2.24) is 5.32 Å². The predicted molar refractivity (Wildman–Crippen MR) is 298 cm³/mol. The van der Waals surface area contributed by atoms with E-state index in [0.717, 1.165) is 38.5 Å². The minimum atomic E-state index is -1.67. The number of ether oxygens (including phenoxy) is 2. The van der Waals surface area contributed by atoms with Gasteiger partial charge in [-0.1, -0.05) is 263 Å². The van der Waals surface area contributed by atoms with Crippen molar-refractivity contribution in [2.75, 3.05) is 13.2 Å². The van der Waals surface area contributed by atoms with E-state index < -0.39 is 74.2 Å². The van der Waals surface area contributed by atoms with Gasteiger partial charge in [-0.3, -0.25) is 4.79 Å². The van der Waals surface area contributed by atoms with Gasteiger partial charge >= 0.3 is 0 Å². The summed E-state index contributed by atoms with van der Waals surface area (Å²) in [7, 11) is 0. The van der Waals surface area contributed by atoms with Gasteiger partial charge in [0.2, 0.25) is 5.91 Å². The Morgan fingerprint density at radius 1 is 0.472 bits per heavy atom. The average molecular weight is 1020 g/mol. The normalized spacial score (nSPS) is 20.2. The molecule has 9 unspecified atom stereocenters. The summed E-state index contributed by atoms with van der Waals surface area (Å²) in [5, 5.41) is 76.2. The van der Waals surface area contributed by atoms with Crippen molar-refractivity contribution in [2.45, 2.75) is 345 Å². The Labute approximate surface area is 442 Å². The fourth-order valence-corrected chi connectivity index (χ4v) is 9.99. The first-order valence-corrected chi connectivity index (χ1v) is 30.7. The molecule has 0 spiro atoms. The molecule has 1 heterocycles. The summed E-state index contributed by atoms with van der Waals surface area (Å²) in [5.74, 6) is -0.705. The van der Waals surface area contributed by atoms with Gasteiger partial charge in [-0.25, -0.2) is 0 Å². The fourth-order valence-electron chi connectivity index (χ4n) is 9.99. The first-order chi connectivity index (χ1) is 35.2. The van der Waals surface area contributed by atoms with Crippen LogP contribution in [-0.4, -0.2) is 110 Å². The third-order valence-corrected chi connectivity index (χ3v) is 15.0. The second-order valence-electron chi connectivity index (χ2n) is 21.8. The third-order valence-electron chi connectivity index (χ3n) is 15.0. The van der Waals surface area contributed by atoms with Crippen LogP contribution < -0.4 is 5.32 Å². The Kier molecular flexibility index (Phi) is 48.0. The molecule has 1 amide bonds. The molecule has 0 aromatic heterocycles. The lowest BCUT2D eigenvalue weighted by Gasteiger charge is -2.40. The molecule has 1 aliphatic heterocycles. The lowest BCUT2D eigenvalue weighted by atomic mass is 9.98. The number of unbranched alkanes of at least 4 members (excludes halogenated alkanes) is 37. The number of hydrogen-bond donors (Lipinski definition) is 8. The molecule has 0 bridgehead atoms. The van der Waals surface area contributed by atoms with Crippen molar-refractivity contribution in [2.24, 2.45) is 0 Å². The molecule has 9 atom stereocenters. The summed E-state index contributed by atoms with van der Waals surface area (Å²) >= 11 is 0. The minimum Gasteiger partial charge on any atom is -0.394 e. The van der Waals surface area contributed by atoms with Gasteiger partial charge in [0, 0.05) is 0 Å². The highest BCUT2D eigenvalue weighted by molar-refractivity contribution is 5.80. The Balaban J connectivity index is 2.31. The van der Waals surface area contributed by atoms with Gasteiger partial charge in [-0.05, 0) is 51.4 Å². The van der Waals surface area contributed by atoms with Crippen LogP contribution in [0.5, 0.6) is 0 Å². The van der Waals surface area contributed by atoms with Crippen molar-refractivity contribution < 1.29 is 50.0 Å². The number of carbonyl (C=O) groups excluding carboxylic acids is 1. The van der Waals surface area contributed by atoms with Crippen LogP contribution in [0.1, 0.15) is 290 Å². The second-order valence-corrected chi connectivity index (χ2v) is 21.8. The molecule has 1 saturated heterocycles. The Hall–Kier alpha value is -1.41. The highest BCUT2D eigenvalue weighted by atomic mass is 16.7. The van der Waals surface area contributed by atoms with Crippen molar-refractivity contribution in [3.8, 4) is 0 Å². The van der Waals surface area contributed by atoms with Crippen molar-refractivity contribution >= 4 is 5.91 Å². The van der Waals surface area contributed by atoms with Crippen LogP contribution in [0.2, 0.25) is 0 Å². The highest BCUT2D eigenvalue weighted by Crippen LogP contribution is 2.23. The molecule has 72 heavy (non-hydrogen) atoms. The second kappa shape index (κ2) is 50.4. The van der Waals surface area contributed by atoms with E-state index in [2.05, 4.69) is 43.5 Å². The van der Waals surface area contributed by atoms with Crippen LogP contribution in [0.15, 0.2) is 24.3 Å². The predicted octanol–water partition coefficient (Wildman–Crippen LogP) is 13.3.